The highest BCUT2D eigenvalue weighted by Gasteiger charge is 2.30. The van der Waals surface area contributed by atoms with Gasteiger partial charge in [-0.25, -0.2) is 8.42 Å². The third-order valence-corrected chi connectivity index (χ3v) is 6.51. The summed E-state index contributed by atoms with van der Waals surface area (Å²) in [6.45, 7) is 3.63. The third-order valence-electron chi connectivity index (χ3n) is 4.73. The fourth-order valence-corrected chi connectivity index (χ4v) is 4.53. The predicted molar refractivity (Wildman–Crippen MR) is 105 cm³/mol. The highest BCUT2D eigenvalue weighted by molar-refractivity contribution is 7.89. The molecule has 2 aromatic rings. The zero-order valence-electron chi connectivity index (χ0n) is 16.3. The van der Waals surface area contributed by atoms with Gasteiger partial charge in [-0.3, -0.25) is 4.79 Å². The number of hydrogen-bond donors (Lipinski definition) is 0. The number of piperidine rings is 1. The Labute approximate surface area is 165 Å². The summed E-state index contributed by atoms with van der Waals surface area (Å²) in [5.74, 6) is 0.371. The van der Waals surface area contributed by atoms with Crippen LogP contribution in [0.3, 0.4) is 0 Å². The minimum atomic E-state index is -3.69. The molecule has 1 aliphatic heterocycles. The van der Waals surface area contributed by atoms with Gasteiger partial charge in [-0.15, -0.1) is 0 Å². The fraction of sp³-hybridized carbons (Fsp3) is 0.450. The van der Waals surface area contributed by atoms with E-state index in [4.69, 9.17) is 9.15 Å². The smallest absolute Gasteiger partial charge is 0.289 e. The van der Waals surface area contributed by atoms with Gasteiger partial charge in [-0.2, -0.15) is 4.31 Å². The molecule has 0 spiro atoms. The molecule has 28 heavy (non-hydrogen) atoms. The first-order valence-electron chi connectivity index (χ1n) is 9.43. The lowest BCUT2D eigenvalue weighted by atomic mass is 10.2. The van der Waals surface area contributed by atoms with Crippen molar-refractivity contribution < 1.29 is 22.4 Å². The van der Waals surface area contributed by atoms with Crippen LogP contribution in [0.25, 0.3) is 0 Å². The summed E-state index contributed by atoms with van der Waals surface area (Å²) in [6.07, 6.45) is 2.72. The maximum atomic E-state index is 12.6. The zero-order valence-corrected chi connectivity index (χ0v) is 17.1. The highest BCUT2D eigenvalue weighted by atomic mass is 32.2. The van der Waals surface area contributed by atoms with E-state index < -0.39 is 10.0 Å². The van der Waals surface area contributed by atoms with Gasteiger partial charge >= 0.3 is 0 Å². The van der Waals surface area contributed by atoms with E-state index in [-0.39, 0.29) is 16.8 Å². The molecule has 0 N–H and O–H groups in total. The maximum absolute atomic E-state index is 12.6. The Balaban J connectivity index is 1.58. The van der Waals surface area contributed by atoms with E-state index in [9.17, 15) is 13.2 Å². The summed E-state index contributed by atoms with van der Waals surface area (Å²) in [5.41, 5.74) is 1.10. The Bertz CT molecular complexity index is 916. The minimum absolute atomic E-state index is 0.00800. The number of hydrogen-bond acceptors (Lipinski definition) is 5. The molecule has 1 amide bonds. The SMILES string of the molecule is Cc1cccc(OCCN(C)C(=O)c2ccc(S(=O)(=O)N3CCCCC3)o2)c1. The van der Waals surface area contributed by atoms with Crippen LogP contribution in [0.5, 0.6) is 5.75 Å². The molecule has 0 atom stereocenters. The molecule has 0 saturated carbocycles. The number of carbonyl (C=O) groups excluding carboxylic acids is 1. The summed E-state index contributed by atoms with van der Waals surface area (Å²) in [5, 5.41) is -0.179. The number of furan rings is 1. The zero-order chi connectivity index (χ0) is 20.1. The van der Waals surface area contributed by atoms with Gasteiger partial charge in [0.25, 0.3) is 15.9 Å². The summed E-state index contributed by atoms with van der Waals surface area (Å²) in [7, 11) is -2.06. The molecule has 0 unspecified atom stereocenters. The van der Waals surface area contributed by atoms with Gasteiger partial charge in [0.05, 0.1) is 6.54 Å². The van der Waals surface area contributed by atoms with Crippen molar-refractivity contribution >= 4 is 15.9 Å². The van der Waals surface area contributed by atoms with E-state index in [1.54, 1.807) is 7.05 Å². The molecule has 0 aliphatic carbocycles. The number of ether oxygens (including phenoxy) is 1. The Morgan fingerprint density at radius 2 is 1.93 bits per heavy atom. The fourth-order valence-electron chi connectivity index (χ4n) is 3.10. The van der Waals surface area contributed by atoms with Crippen LogP contribution < -0.4 is 4.74 Å². The number of nitrogens with zero attached hydrogens (tertiary/aromatic N) is 2. The molecule has 8 heteroatoms. The highest BCUT2D eigenvalue weighted by Crippen LogP contribution is 2.23. The van der Waals surface area contributed by atoms with E-state index in [0.29, 0.717) is 26.2 Å². The van der Waals surface area contributed by atoms with Crippen molar-refractivity contribution in [1.29, 1.82) is 0 Å². The van der Waals surface area contributed by atoms with Crippen molar-refractivity contribution in [1.82, 2.24) is 9.21 Å². The Morgan fingerprint density at radius 3 is 2.64 bits per heavy atom. The van der Waals surface area contributed by atoms with Crippen molar-refractivity contribution in [2.45, 2.75) is 31.3 Å². The lowest BCUT2D eigenvalue weighted by Crippen LogP contribution is -2.35. The minimum Gasteiger partial charge on any atom is -0.492 e. The average Bonchev–Trinajstić information content (AvgIpc) is 3.19. The second-order valence-electron chi connectivity index (χ2n) is 6.98. The van der Waals surface area contributed by atoms with Gasteiger partial charge in [0, 0.05) is 20.1 Å². The van der Waals surface area contributed by atoms with Crippen molar-refractivity contribution in [3.63, 3.8) is 0 Å². The van der Waals surface area contributed by atoms with Crippen LogP contribution in [-0.2, 0) is 10.0 Å². The van der Waals surface area contributed by atoms with Crippen LogP contribution in [0.2, 0.25) is 0 Å². The number of likely N-dealkylation sites (N-methyl/N-ethyl adjacent to an activating group) is 1. The normalized spacial score (nSPS) is 15.4. The second kappa shape index (κ2) is 8.79. The molecule has 0 bridgehead atoms. The van der Waals surface area contributed by atoms with Gasteiger partial charge in [0.1, 0.15) is 12.4 Å². The lowest BCUT2D eigenvalue weighted by molar-refractivity contribution is 0.0736. The molecule has 3 rings (SSSR count). The number of amides is 1. The van der Waals surface area contributed by atoms with Crippen molar-refractivity contribution in [2.75, 3.05) is 33.3 Å². The number of aryl methyl sites for hydroxylation is 1. The van der Waals surface area contributed by atoms with Gasteiger partial charge in [-0.1, -0.05) is 18.6 Å². The van der Waals surface area contributed by atoms with Gasteiger partial charge in [0.15, 0.2) is 5.76 Å². The molecule has 1 aliphatic rings. The van der Waals surface area contributed by atoms with Crippen LogP contribution in [0.15, 0.2) is 45.9 Å². The van der Waals surface area contributed by atoms with Crippen LogP contribution in [0.4, 0.5) is 0 Å². The number of benzene rings is 1. The quantitative estimate of drug-likeness (QED) is 0.706. The predicted octanol–water partition coefficient (Wildman–Crippen LogP) is 2.91. The number of rotatable bonds is 7. The van der Waals surface area contributed by atoms with Gasteiger partial charge < -0.3 is 14.1 Å². The van der Waals surface area contributed by atoms with Crippen LogP contribution in [-0.4, -0.2) is 56.8 Å². The van der Waals surface area contributed by atoms with Crippen molar-refractivity contribution in [3.05, 3.63) is 47.7 Å². The number of carbonyl (C=O) groups is 1. The molecule has 7 nitrogen and oxygen atoms in total. The van der Waals surface area contributed by atoms with Gasteiger partial charge in [-0.05, 0) is 49.6 Å². The standard InChI is InChI=1S/C20H26N2O5S/c1-16-7-6-8-17(15-16)26-14-13-21(2)20(23)18-9-10-19(27-18)28(24,25)22-11-4-3-5-12-22/h6-10,15H,3-5,11-14H2,1-2H3. The largest absolute Gasteiger partial charge is 0.492 e. The summed E-state index contributed by atoms with van der Waals surface area (Å²) in [4.78, 5) is 14.0. The Kier molecular flexibility index (Phi) is 6.41. The molecule has 152 valence electrons. The summed E-state index contributed by atoms with van der Waals surface area (Å²) < 4.78 is 37.8. The first-order valence-corrected chi connectivity index (χ1v) is 10.9. The molecule has 1 aromatic carbocycles. The van der Waals surface area contributed by atoms with E-state index in [1.165, 1.54) is 21.3 Å². The second-order valence-corrected chi connectivity index (χ2v) is 8.84. The van der Waals surface area contributed by atoms with E-state index in [1.807, 2.05) is 31.2 Å². The summed E-state index contributed by atoms with van der Waals surface area (Å²) >= 11 is 0. The van der Waals surface area contributed by atoms with Crippen molar-refractivity contribution in [3.8, 4) is 5.75 Å². The average molecular weight is 407 g/mol. The van der Waals surface area contributed by atoms with Gasteiger partial charge in [0.2, 0.25) is 5.09 Å². The van der Waals surface area contributed by atoms with Crippen LogP contribution >= 0.6 is 0 Å². The monoisotopic (exact) mass is 406 g/mol. The molecule has 0 radical (unpaired) electrons. The topological polar surface area (TPSA) is 80.1 Å². The molecule has 1 aromatic heterocycles. The molecule has 2 heterocycles. The molecular weight excluding hydrogens is 380 g/mol. The van der Waals surface area contributed by atoms with Crippen LogP contribution in [0, 0.1) is 6.92 Å². The first-order chi connectivity index (χ1) is 13.4. The third kappa shape index (κ3) is 4.74. The Hall–Kier alpha value is -2.32. The Morgan fingerprint density at radius 1 is 1.18 bits per heavy atom. The molecule has 1 fully saturated rings. The lowest BCUT2D eigenvalue weighted by Gasteiger charge is -2.24. The van der Waals surface area contributed by atoms with E-state index in [0.717, 1.165) is 30.6 Å². The van der Waals surface area contributed by atoms with Crippen molar-refractivity contribution in [2.24, 2.45) is 0 Å². The number of sulfonamides is 1. The molecule has 1 saturated heterocycles. The summed E-state index contributed by atoms with van der Waals surface area (Å²) in [6, 6.07) is 10.4. The maximum Gasteiger partial charge on any atom is 0.289 e. The first kappa shape index (κ1) is 20.4. The van der Waals surface area contributed by atoms with Crippen LogP contribution in [0.1, 0.15) is 35.4 Å². The molecular formula is C20H26N2O5S. The van der Waals surface area contributed by atoms with E-state index in [2.05, 4.69) is 0 Å². The van der Waals surface area contributed by atoms with E-state index >= 15 is 0 Å².